The maximum atomic E-state index is 13.0. The van der Waals surface area contributed by atoms with E-state index in [2.05, 4.69) is 15.5 Å². The van der Waals surface area contributed by atoms with Crippen LogP contribution in [0.3, 0.4) is 0 Å². The Morgan fingerprint density at radius 2 is 2.25 bits per heavy atom. The van der Waals surface area contributed by atoms with E-state index >= 15 is 0 Å². The molecule has 0 saturated carbocycles. The van der Waals surface area contributed by atoms with Crippen molar-refractivity contribution in [1.82, 2.24) is 10.2 Å². The molecular weight excluding hydrogens is 271 g/mol. The summed E-state index contributed by atoms with van der Waals surface area (Å²) in [5.41, 5.74) is -1.01. The second-order valence-electron chi connectivity index (χ2n) is 3.92. The molecule has 0 atom stereocenters. The molecule has 20 heavy (non-hydrogen) atoms. The molecule has 0 saturated heterocycles. The SMILES string of the molecule is Cc1[nH]nc(C(=O)Nc2cc(F)ccc2O)c1[N+](=O)[O-]. The molecule has 3 N–H and O–H groups in total. The van der Waals surface area contributed by atoms with Crippen molar-refractivity contribution in [2.75, 3.05) is 5.32 Å². The number of nitrogens with zero attached hydrogens (tertiary/aromatic N) is 2. The molecule has 1 heterocycles. The van der Waals surface area contributed by atoms with Crippen molar-refractivity contribution in [3.8, 4) is 5.75 Å². The van der Waals surface area contributed by atoms with Crippen LogP contribution in [0.4, 0.5) is 15.8 Å². The highest BCUT2D eigenvalue weighted by Crippen LogP contribution is 2.26. The van der Waals surface area contributed by atoms with Crippen LogP contribution >= 0.6 is 0 Å². The monoisotopic (exact) mass is 280 g/mol. The van der Waals surface area contributed by atoms with Crippen molar-refractivity contribution in [1.29, 1.82) is 0 Å². The Hall–Kier alpha value is -2.97. The summed E-state index contributed by atoms with van der Waals surface area (Å²) in [6.07, 6.45) is 0. The summed E-state index contributed by atoms with van der Waals surface area (Å²) in [6, 6.07) is 2.94. The number of nitro groups is 1. The van der Waals surface area contributed by atoms with Crippen LogP contribution in [0.15, 0.2) is 18.2 Å². The van der Waals surface area contributed by atoms with Gasteiger partial charge in [0, 0.05) is 6.07 Å². The number of hydrogen-bond donors (Lipinski definition) is 3. The van der Waals surface area contributed by atoms with Crippen LogP contribution in [0, 0.1) is 22.9 Å². The summed E-state index contributed by atoms with van der Waals surface area (Å²) in [5, 5.41) is 28.3. The van der Waals surface area contributed by atoms with E-state index < -0.39 is 28.0 Å². The Morgan fingerprint density at radius 3 is 2.90 bits per heavy atom. The van der Waals surface area contributed by atoms with Gasteiger partial charge in [-0.3, -0.25) is 20.0 Å². The fourth-order valence-electron chi connectivity index (χ4n) is 1.59. The number of hydrogen-bond acceptors (Lipinski definition) is 5. The van der Waals surface area contributed by atoms with Gasteiger partial charge in [-0.2, -0.15) is 5.10 Å². The van der Waals surface area contributed by atoms with Crippen molar-refractivity contribution >= 4 is 17.3 Å². The van der Waals surface area contributed by atoms with Crippen LogP contribution in [0.1, 0.15) is 16.2 Å². The maximum Gasteiger partial charge on any atom is 0.322 e. The van der Waals surface area contributed by atoms with Crippen LogP contribution in [-0.2, 0) is 0 Å². The molecule has 8 nitrogen and oxygen atoms in total. The number of aromatic amines is 1. The summed E-state index contributed by atoms with van der Waals surface area (Å²) in [6.45, 7) is 1.39. The highest BCUT2D eigenvalue weighted by Gasteiger charge is 2.27. The summed E-state index contributed by atoms with van der Waals surface area (Å²) in [4.78, 5) is 22.0. The number of amides is 1. The Balaban J connectivity index is 2.33. The van der Waals surface area contributed by atoms with Gasteiger partial charge >= 0.3 is 5.69 Å². The zero-order valence-electron chi connectivity index (χ0n) is 10.2. The first kappa shape index (κ1) is 13.5. The zero-order valence-corrected chi connectivity index (χ0v) is 10.2. The van der Waals surface area contributed by atoms with E-state index in [4.69, 9.17) is 0 Å². The number of phenolic OH excluding ortho intramolecular Hbond substituents is 1. The molecule has 0 aliphatic carbocycles. The molecule has 1 amide bonds. The van der Waals surface area contributed by atoms with Gasteiger partial charge in [0.2, 0.25) is 5.69 Å². The van der Waals surface area contributed by atoms with Gasteiger partial charge in [-0.05, 0) is 19.1 Å². The summed E-state index contributed by atoms with van der Waals surface area (Å²) < 4.78 is 13.0. The van der Waals surface area contributed by atoms with E-state index in [1.54, 1.807) is 0 Å². The van der Waals surface area contributed by atoms with Gasteiger partial charge in [0.1, 0.15) is 17.3 Å². The molecule has 2 aromatic rings. The molecule has 0 radical (unpaired) electrons. The minimum atomic E-state index is -0.929. The predicted molar refractivity (Wildman–Crippen MR) is 66.0 cm³/mol. The number of phenols is 1. The number of H-pyrrole nitrogens is 1. The van der Waals surface area contributed by atoms with Crippen LogP contribution in [0.25, 0.3) is 0 Å². The Bertz CT molecular complexity index is 698. The second-order valence-corrected chi connectivity index (χ2v) is 3.92. The van der Waals surface area contributed by atoms with E-state index in [1.807, 2.05) is 0 Å². The van der Waals surface area contributed by atoms with E-state index in [9.17, 15) is 24.4 Å². The van der Waals surface area contributed by atoms with Crippen molar-refractivity contribution in [2.45, 2.75) is 6.92 Å². The minimum absolute atomic E-state index is 0.114. The number of halogens is 1. The summed E-state index contributed by atoms with van der Waals surface area (Å²) in [5.74, 6) is -1.97. The predicted octanol–water partition coefficient (Wildman–Crippen LogP) is 1.72. The third-order valence-electron chi connectivity index (χ3n) is 2.52. The number of carbonyl (C=O) groups is 1. The molecule has 104 valence electrons. The molecule has 0 aliphatic rings. The lowest BCUT2D eigenvalue weighted by molar-refractivity contribution is -0.385. The lowest BCUT2D eigenvalue weighted by Crippen LogP contribution is -2.14. The molecular formula is C11H9FN4O4. The highest BCUT2D eigenvalue weighted by molar-refractivity contribution is 6.06. The lowest BCUT2D eigenvalue weighted by atomic mass is 10.2. The average Bonchev–Trinajstić information content (AvgIpc) is 2.76. The van der Waals surface area contributed by atoms with Gasteiger partial charge in [0.15, 0.2) is 0 Å². The molecule has 1 aromatic heterocycles. The largest absolute Gasteiger partial charge is 0.506 e. The highest BCUT2D eigenvalue weighted by atomic mass is 19.1. The van der Waals surface area contributed by atoms with Crippen LogP contribution in [0.5, 0.6) is 5.75 Å². The Morgan fingerprint density at radius 1 is 1.55 bits per heavy atom. The van der Waals surface area contributed by atoms with E-state index in [0.29, 0.717) is 0 Å². The first-order chi connectivity index (χ1) is 9.40. The molecule has 0 fully saturated rings. The zero-order chi connectivity index (χ0) is 14.9. The third kappa shape index (κ3) is 2.41. The summed E-state index contributed by atoms with van der Waals surface area (Å²) in [7, 11) is 0. The van der Waals surface area contributed by atoms with Crippen LogP contribution in [-0.4, -0.2) is 26.1 Å². The standard InChI is InChI=1S/C11H9FN4O4/c1-5-10(16(19)20)9(15-14-5)11(18)13-7-4-6(12)2-3-8(7)17/h2-4,17H,1H3,(H,13,18)(H,14,15). The van der Waals surface area contributed by atoms with Crippen molar-refractivity contribution in [3.63, 3.8) is 0 Å². The maximum absolute atomic E-state index is 13.0. The average molecular weight is 280 g/mol. The molecule has 0 spiro atoms. The first-order valence-electron chi connectivity index (χ1n) is 5.39. The van der Waals surface area contributed by atoms with E-state index in [0.717, 1.165) is 18.2 Å². The van der Waals surface area contributed by atoms with Crippen molar-refractivity contribution in [3.05, 3.63) is 45.5 Å². The Kier molecular flexibility index (Phi) is 3.34. The molecule has 9 heteroatoms. The Labute approximate surface area is 111 Å². The normalized spacial score (nSPS) is 10.3. The topological polar surface area (TPSA) is 121 Å². The quantitative estimate of drug-likeness (QED) is 0.449. The van der Waals surface area contributed by atoms with Crippen molar-refractivity contribution < 1.29 is 19.2 Å². The van der Waals surface area contributed by atoms with Gasteiger partial charge in [-0.1, -0.05) is 0 Å². The molecule has 1 aromatic carbocycles. The van der Waals surface area contributed by atoms with Crippen molar-refractivity contribution in [2.24, 2.45) is 0 Å². The van der Waals surface area contributed by atoms with Crippen LogP contribution < -0.4 is 5.32 Å². The lowest BCUT2D eigenvalue weighted by Gasteiger charge is -2.05. The van der Waals surface area contributed by atoms with Crippen LogP contribution in [0.2, 0.25) is 0 Å². The van der Waals surface area contributed by atoms with Gasteiger partial charge in [0.05, 0.1) is 10.6 Å². The number of rotatable bonds is 3. The second kappa shape index (κ2) is 4.96. The smallest absolute Gasteiger partial charge is 0.322 e. The van der Waals surface area contributed by atoms with Gasteiger partial charge in [0.25, 0.3) is 5.91 Å². The molecule has 0 aliphatic heterocycles. The number of anilines is 1. The fraction of sp³-hybridized carbons (Fsp3) is 0.0909. The molecule has 2 rings (SSSR count). The number of nitrogens with one attached hydrogen (secondary N) is 2. The number of aromatic hydroxyl groups is 1. The molecule has 0 bridgehead atoms. The van der Waals surface area contributed by atoms with E-state index in [-0.39, 0.29) is 17.1 Å². The fourth-order valence-corrected chi connectivity index (χ4v) is 1.59. The number of aromatic nitrogens is 2. The number of aryl methyl sites for hydroxylation is 1. The van der Waals surface area contributed by atoms with Gasteiger partial charge in [-0.25, -0.2) is 4.39 Å². The first-order valence-corrected chi connectivity index (χ1v) is 5.39. The van der Waals surface area contributed by atoms with Gasteiger partial charge < -0.3 is 10.4 Å². The molecule has 0 unspecified atom stereocenters. The third-order valence-corrected chi connectivity index (χ3v) is 2.52. The van der Waals surface area contributed by atoms with E-state index in [1.165, 1.54) is 6.92 Å². The van der Waals surface area contributed by atoms with Gasteiger partial charge in [-0.15, -0.1) is 0 Å². The summed E-state index contributed by atoms with van der Waals surface area (Å²) >= 11 is 0. The number of carbonyl (C=O) groups excluding carboxylic acids is 1. The number of benzene rings is 1. The minimum Gasteiger partial charge on any atom is -0.506 e.